The molecule has 4 atom stereocenters. The van der Waals surface area contributed by atoms with Crippen LogP contribution in [0.4, 0.5) is 0 Å². The molecule has 6 nitrogen and oxygen atoms in total. The molecule has 32 heavy (non-hydrogen) atoms. The van der Waals surface area contributed by atoms with E-state index in [1.807, 2.05) is 42.5 Å². The fraction of sp³-hybridized carbons (Fsp3) is 0.417. The maximum Gasteiger partial charge on any atom is 0.246 e. The summed E-state index contributed by atoms with van der Waals surface area (Å²) < 4.78 is 13.0. The van der Waals surface area contributed by atoms with Crippen molar-refractivity contribution in [3.63, 3.8) is 0 Å². The highest BCUT2D eigenvalue weighted by molar-refractivity contribution is 9.10. The number of nitrogens with two attached hydrogens (primary N) is 1. The Morgan fingerprint density at radius 2 is 2.12 bits per heavy atom. The van der Waals surface area contributed by atoms with Crippen LogP contribution < -0.4 is 15.8 Å². The fourth-order valence-electron chi connectivity index (χ4n) is 5.10. The second-order valence-corrected chi connectivity index (χ2v) is 10.5. The number of thioether (sulfide) groups is 1. The Morgan fingerprint density at radius 1 is 1.28 bits per heavy atom. The SMILES string of the molecule is NC1=NC2(CS1)c1cc(Br)ccc1O[C@H]1CCC(NC(=O)COCc3ccccc3)C[C@@H]12. The predicted octanol–water partition coefficient (Wildman–Crippen LogP) is 3.97. The minimum Gasteiger partial charge on any atom is -0.490 e. The van der Waals surface area contributed by atoms with Crippen LogP contribution in [0.1, 0.15) is 30.4 Å². The molecule has 0 radical (unpaired) electrons. The third-order valence-corrected chi connectivity index (χ3v) is 8.01. The number of benzene rings is 2. The van der Waals surface area contributed by atoms with Crippen LogP contribution in [0.2, 0.25) is 0 Å². The van der Waals surface area contributed by atoms with Crippen molar-refractivity contribution in [2.75, 3.05) is 12.4 Å². The Hall–Kier alpha value is -2.03. The second kappa shape index (κ2) is 9.08. The number of nitrogens with one attached hydrogen (secondary N) is 1. The molecule has 0 aromatic heterocycles. The van der Waals surface area contributed by atoms with Crippen LogP contribution in [0.3, 0.4) is 0 Å². The summed E-state index contributed by atoms with van der Waals surface area (Å²) in [5.41, 5.74) is 7.88. The molecule has 0 bridgehead atoms. The van der Waals surface area contributed by atoms with Crippen LogP contribution in [0, 0.1) is 5.92 Å². The van der Waals surface area contributed by atoms with Crippen molar-refractivity contribution in [1.82, 2.24) is 5.32 Å². The standard InChI is InChI=1S/C24H26BrN3O3S/c25-16-6-8-20-18(10-16)24(14-32-23(26)28-24)19-11-17(7-9-21(19)31-20)27-22(29)13-30-12-15-4-2-1-3-5-15/h1-6,8,10,17,19,21H,7,9,11-14H2,(H2,26,28)(H,27,29)/t17?,19-,21-,24?/m0/s1. The summed E-state index contributed by atoms with van der Waals surface area (Å²) in [6, 6.07) is 16.1. The average Bonchev–Trinajstić information content (AvgIpc) is 3.18. The minimum absolute atomic E-state index is 0.0534. The van der Waals surface area contributed by atoms with Crippen LogP contribution in [0.15, 0.2) is 58.0 Å². The van der Waals surface area contributed by atoms with Crippen molar-refractivity contribution in [3.05, 3.63) is 64.1 Å². The number of nitrogens with zero attached hydrogens (tertiary/aromatic N) is 1. The van der Waals surface area contributed by atoms with E-state index in [1.165, 1.54) is 0 Å². The van der Waals surface area contributed by atoms with Crippen LogP contribution in [-0.2, 0) is 21.7 Å². The van der Waals surface area contributed by atoms with Gasteiger partial charge in [-0.15, -0.1) is 0 Å². The zero-order valence-electron chi connectivity index (χ0n) is 17.6. The van der Waals surface area contributed by atoms with E-state index in [4.69, 9.17) is 20.2 Å². The van der Waals surface area contributed by atoms with Gasteiger partial charge in [-0.1, -0.05) is 58.0 Å². The van der Waals surface area contributed by atoms with Crippen molar-refractivity contribution < 1.29 is 14.3 Å². The molecule has 2 aliphatic heterocycles. The Morgan fingerprint density at radius 3 is 2.91 bits per heavy atom. The highest BCUT2D eigenvalue weighted by atomic mass is 79.9. The second-order valence-electron chi connectivity index (χ2n) is 8.62. The lowest BCUT2D eigenvalue weighted by molar-refractivity contribution is -0.127. The van der Waals surface area contributed by atoms with Gasteiger partial charge in [-0.2, -0.15) is 0 Å². The molecule has 168 valence electrons. The first kappa shape index (κ1) is 21.8. The van der Waals surface area contributed by atoms with Gasteiger partial charge in [0.15, 0.2) is 5.17 Å². The van der Waals surface area contributed by atoms with Crippen LogP contribution in [0.25, 0.3) is 0 Å². The van der Waals surface area contributed by atoms with Crippen LogP contribution in [-0.4, -0.2) is 35.6 Å². The summed E-state index contributed by atoms with van der Waals surface area (Å²) in [6.07, 6.45) is 2.62. The molecule has 1 amide bonds. The number of amidine groups is 1. The van der Waals surface area contributed by atoms with Gasteiger partial charge in [0, 0.05) is 27.7 Å². The lowest BCUT2D eigenvalue weighted by Gasteiger charge is -2.48. The maximum absolute atomic E-state index is 12.5. The molecule has 1 fully saturated rings. The Kier molecular flexibility index (Phi) is 6.18. The van der Waals surface area contributed by atoms with E-state index in [1.54, 1.807) is 11.8 Å². The lowest BCUT2D eigenvalue weighted by atomic mass is 9.67. The first-order valence-corrected chi connectivity index (χ1v) is 12.7. The van der Waals surface area contributed by atoms with Gasteiger partial charge in [0.05, 0.1) is 6.61 Å². The van der Waals surface area contributed by atoms with Crippen LogP contribution >= 0.6 is 27.7 Å². The summed E-state index contributed by atoms with van der Waals surface area (Å²) in [7, 11) is 0. The van der Waals surface area contributed by atoms with Crippen molar-refractivity contribution in [3.8, 4) is 5.75 Å². The van der Waals surface area contributed by atoms with E-state index in [-0.39, 0.29) is 30.6 Å². The van der Waals surface area contributed by atoms with Gasteiger partial charge in [-0.25, -0.2) is 4.99 Å². The van der Waals surface area contributed by atoms with Crippen molar-refractivity contribution in [2.45, 2.75) is 43.6 Å². The van der Waals surface area contributed by atoms with Gasteiger partial charge < -0.3 is 20.5 Å². The minimum atomic E-state index is -0.413. The van der Waals surface area contributed by atoms with E-state index in [9.17, 15) is 4.79 Å². The predicted molar refractivity (Wildman–Crippen MR) is 130 cm³/mol. The molecule has 2 aromatic rings. The van der Waals surface area contributed by atoms with E-state index < -0.39 is 5.54 Å². The van der Waals surface area contributed by atoms with E-state index in [2.05, 4.69) is 27.3 Å². The molecule has 5 rings (SSSR count). The van der Waals surface area contributed by atoms with Crippen molar-refractivity contribution in [1.29, 1.82) is 0 Å². The first-order valence-electron chi connectivity index (χ1n) is 10.9. The van der Waals surface area contributed by atoms with Gasteiger partial charge in [0.25, 0.3) is 0 Å². The molecule has 3 N–H and O–H groups in total. The summed E-state index contributed by atoms with van der Waals surface area (Å²) in [5.74, 6) is 1.77. The topological polar surface area (TPSA) is 85.9 Å². The molecule has 1 spiro atoms. The van der Waals surface area contributed by atoms with Crippen molar-refractivity contribution in [2.24, 2.45) is 16.6 Å². The first-order chi connectivity index (χ1) is 15.5. The molecule has 3 aliphatic rings. The normalized spacial score (nSPS) is 28.4. The smallest absolute Gasteiger partial charge is 0.246 e. The van der Waals surface area contributed by atoms with Gasteiger partial charge >= 0.3 is 0 Å². The Balaban J connectivity index is 1.27. The van der Waals surface area contributed by atoms with E-state index in [0.29, 0.717) is 11.8 Å². The summed E-state index contributed by atoms with van der Waals surface area (Å²) in [4.78, 5) is 17.5. The number of fused-ring (bicyclic) bond motifs is 4. The number of hydrogen-bond acceptors (Lipinski definition) is 6. The number of carbonyl (C=O) groups is 1. The van der Waals surface area contributed by atoms with Gasteiger partial charge in [0.2, 0.25) is 5.91 Å². The van der Waals surface area contributed by atoms with E-state index >= 15 is 0 Å². The van der Waals surface area contributed by atoms with Gasteiger partial charge in [-0.3, -0.25) is 4.79 Å². The number of ether oxygens (including phenoxy) is 2. The molecule has 0 saturated heterocycles. The number of hydrogen-bond donors (Lipinski definition) is 2. The monoisotopic (exact) mass is 515 g/mol. The Labute approximate surface area is 200 Å². The van der Waals surface area contributed by atoms with Gasteiger partial charge in [-0.05, 0) is 43.0 Å². The fourth-order valence-corrected chi connectivity index (χ4v) is 6.49. The highest BCUT2D eigenvalue weighted by Gasteiger charge is 2.54. The van der Waals surface area contributed by atoms with Crippen LogP contribution in [0.5, 0.6) is 5.75 Å². The third-order valence-electron chi connectivity index (χ3n) is 6.55. The number of halogens is 1. The Bertz CT molecular complexity index is 1030. The zero-order valence-corrected chi connectivity index (χ0v) is 20.0. The summed E-state index contributed by atoms with van der Waals surface area (Å²) >= 11 is 5.20. The number of carbonyl (C=O) groups excluding carboxylic acids is 1. The van der Waals surface area contributed by atoms with E-state index in [0.717, 1.165) is 46.4 Å². The maximum atomic E-state index is 12.5. The molecule has 2 heterocycles. The number of rotatable bonds is 5. The largest absolute Gasteiger partial charge is 0.490 e. The summed E-state index contributed by atoms with van der Waals surface area (Å²) in [6.45, 7) is 0.481. The third kappa shape index (κ3) is 4.28. The van der Waals surface area contributed by atoms with Gasteiger partial charge in [0.1, 0.15) is 24.0 Å². The number of amides is 1. The molecule has 1 saturated carbocycles. The average molecular weight is 516 g/mol. The summed E-state index contributed by atoms with van der Waals surface area (Å²) in [5, 5.41) is 3.80. The number of aliphatic imine (C=N–C) groups is 1. The molecule has 8 heteroatoms. The molecular formula is C24H26BrN3O3S. The highest BCUT2D eigenvalue weighted by Crippen LogP contribution is 2.54. The molecule has 2 unspecified atom stereocenters. The molecular weight excluding hydrogens is 490 g/mol. The molecule has 2 aromatic carbocycles. The van der Waals surface area contributed by atoms with Crippen molar-refractivity contribution >= 4 is 38.8 Å². The molecule has 1 aliphatic carbocycles. The lowest BCUT2D eigenvalue weighted by Crippen LogP contribution is -2.54. The quantitative estimate of drug-likeness (QED) is 0.629. The zero-order chi connectivity index (χ0) is 22.1.